The Hall–Kier alpha value is 1.02. The van der Waals surface area contributed by atoms with Crippen LogP contribution in [0.4, 0.5) is 0 Å². The van der Waals surface area contributed by atoms with Crippen molar-refractivity contribution >= 4 is 31.9 Å². The van der Waals surface area contributed by atoms with Gasteiger partial charge in [-0.25, -0.2) is 0 Å². The Labute approximate surface area is 114 Å². The van der Waals surface area contributed by atoms with E-state index in [0.29, 0.717) is 0 Å². The van der Waals surface area contributed by atoms with Crippen molar-refractivity contribution < 1.29 is 22.4 Å². The maximum absolute atomic E-state index is 4.65. The maximum atomic E-state index is 4.65. The van der Waals surface area contributed by atoms with E-state index in [-0.39, 0.29) is 30.3 Å². The first-order valence-corrected chi connectivity index (χ1v) is 8.05. The zero-order valence-corrected chi connectivity index (χ0v) is 13.6. The van der Waals surface area contributed by atoms with Crippen molar-refractivity contribution in [2.75, 3.05) is 18.5 Å². The third-order valence-electron chi connectivity index (χ3n) is 1.91. The Balaban J connectivity index is 0. The molecule has 0 saturated heterocycles. The molecule has 5 heteroatoms. The molecule has 0 amide bonds. The molecule has 0 aliphatic rings. The van der Waals surface area contributed by atoms with E-state index in [1.54, 1.807) is 6.20 Å². The summed E-state index contributed by atoms with van der Waals surface area (Å²) in [7, 11) is 0.137. The van der Waals surface area contributed by atoms with Gasteiger partial charge in [0.2, 0.25) is 0 Å². The number of rotatable bonds is 3. The molecule has 1 aromatic heterocycles. The summed E-state index contributed by atoms with van der Waals surface area (Å²) < 4.78 is 0.718. The van der Waals surface area contributed by atoms with Gasteiger partial charge in [-0.05, 0) is 33.0 Å². The number of aromatic nitrogens is 1. The van der Waals surface area contributed by atoms with Crippen LogP contribution in [0.15, 0.2) is 15.9 Å². The molecule has 0 fully saturated rings. The molecule has 0 aliphatic heterocycles. The molecule has 0 saturated carbocycles. The van der Waals surface area contributed by atoms with Crippen molar-refractivity contribution in [2.24, 2.45) is 0 Å². The first-order chi connectivity index (χ1) is 6.24. The maximum Gasteiger partial charge on any atom is 1.00 e. The molecular formula is C9H18AuNPS2+. The molecule has 0 N–H and O–H groups in total. The minimum atomic E-state index is 0. The van der Waals surface area contributed by atoms with Crippen LogP contribution in [0.2, 0.25) is 0 Å². The Morgan fingerprint density at radius 3 is 1.86 bits per heavy atom. The minimum Gasteiger partial charge on any atom is -0.408 e. The van der Waals surface area contributed by atoms with Crippen LogP contribution in [0.1, 0.15) is 20.8 Å². The second-order valence-corrected chi connectivity index (χ2v) is 7.77. The van der Waals surface area contributed by atoms with Crippen molar-refractivity contribution in [1.29, 1.82) is 0 Å². The fourth-order valence-corrected chi connectivity index (χ4v) is 3.05. The molecule has 86 valence electrons. The molecule has 0 atom stereocenters. The molecule has 0 aliphatic carbocycles. The van der Waals surface area contributed by atoms with Gasteiger partial charge in [-0.15, -0.1) is 0 Å². The molecule has 0 aromatic carbocycles. The van der Waals surface area contributed by atoms with E-state index >= 15 is 0 Å². The third-order valence-corrected chi connectivity index (χ3v) is 5.87. The van der Waals surface area contributed by atoms with Crippen LogP contribution in [0.3, 0.4) is 0 Å². The number of thiazole rings is 1. The Bertz CT molecular complexity index is 185. The van der Waals surface area contributed by atoms with Crippen molar-refractivity contribution in [2.45, 2.75) is 25.1 Å². The van der Waals surface area contributed by atoms with E-state index in [1.165, 1.54) is 29.8 Å². The van der Waals surface area contributed by atoms with Crippen molar-refractivity contribution in [3.8, 4) is 0 Å². The molecule has 1 nitrogen and oxygen atoms in total. The largest absolute Gasteiger partial charge is 1.00 e. The normalized spacial score (nSPS) is 8.86. The third kappa shape index (κ3) is 9.57. The monoisotopic (exact) mass is 432 g/mol. The summed E-state index contributed by atoms with van der Waals surface area (Å²) in [5, 5.41) is 1.86. The summed E-state index contributed by atoms with van der Waals surface area (Å²) in [4.78, 5) is 3.75. The van der Waals surface area contributed by atoms with Gasteiger partial charge >= 0.3 is 22.4 Å². The molecule has 0 radical (unpaired) electrons. The summed E-state index contributed by atoms with van der Waals surface area (Å²) in [6, 6.07) is 0. The molecular weight excluding hydrogens is 414 g/mol. The number of nitrogens with zero attached hydrogens (tertiary/aromatic N) is 1. The fourth-order valence-electron chi connectivity index (χ4n) is 0.960. The van der Waals surface area contributed by atoms with Gasteiger partial charge in [-0.1, -0.05) is 5.38 Å². The molecule has 0 unspecified atom stereocenters. The van der Waals surface area contributed by atoms with Gasteiger partial charge in [0.25, 0.3) is 0 Å². The topological polar surface area (TPSA) is 12.9 Å². The number of hydrogen-bond donors (Lipinski definition) is 0. The van der Waals surface area contributed by atoms with Crippen LogP contribution < -0.4 is 0 Å². The van der Waals surface area contributed by atoms with Gasteiger partial charge in [0.15, 0.2) is 0 Å². The van der Waals surface area contributed by atoms with Gasteiger partial charge in [-0.2, -0.15) is 0 Å². The van der Waals surface area contributed by atoms with Gasteiger partial charge < -0.3 is 24.0 Å². The van der Waals surface area contributed by atoms with Crippen LogP contribution in [0.25, 0.3) is 0 Å². The van der Waals surface area contributed by atoms with Crippen LogP contribution in [-0.4, -0.2) is 23.5 Å². The molecule has 1 heterocycles. The zero-order chi connectivity index (χ0) is 10.1. The quantitative estimate of drug-likeness (QED) is 0.413. The second kappa shape index (κ2) is 12.1. The van der Waals surface area contributed by atoms with E-state index in [2.05, 4.69) is 38.4 Å². The first kappa shape index (κ1) is 17.4. The predicted molar refractivity (Wildman–Crippen MR) is 67.7 cm³/mol. The van der Waals surface area contributed by atoms with Crippen LogP contribution in [0.5, 0.6) is 0 Å². The summed E-state index contributed by atoms with van der Waals surface area (Å²) in [6.45, 7) is 6.92. The van der Waals surface area contributed by atoms with Gasteiger partial charge in [0, 0.05) is 6.20 Å². The Morgan fingerprint density at radius 2 is 1.79 bits per heavy atom. The molecule has 14 heavy (non-hydrogen) atoms. The van der Waals surface area contributed by atoms with Gasteiger partial charge in [-0.3, -0.25) is 4.98 Å². The van der Waals surface area contributed by atoms with E-state index < -0.39 is 0 Å². The van der Waals surface area contributed by atoms with E-state index in [4.69, 9.17) is 0 Å². The standard InChI is InChI=1S/C6H15P.C3H3NS2.Au/c1-4-7(5-2)6-3;5-3-4-1-2-6-3;/h4-6H2,1-3H3;1-2H,(H,4,5);/q;;+1. The van der Waals surface area contributed by atoms with Gasteiger partial charge in [0.1, 0.15) is 0 Å². The predicted octanol–water partition coefficient (Wildman–Crippen LogP) is 3.31. The average Bonchev–Trinajstić information content (AvgIpc) is 2.60. The van der Waals surface area contributed by atoms with Crippen molar-refractivity contribution in [1.82, 2.24) is 4.98 Å². The van der Waals surface area contributed by atoms with E-state index in [9.17, 15) is 0 Å². The fraction of sp³-hybridized carbons (Fsp3) is 0.667. The Morgan fingerprint density at radius 1 is 1.29 bits per heavy atom. The molecule has 0 spiro atoms. The van der Waals surface area contributed by atoms with Crippen LogP contribution in [0, 0.1) is 0 Å². The van der Waals surface area contributed by atoms with E-state index in [1.807, 2.05) is 5.38 Å². The summed E-state index contributed by atoms with van der Waals surface area (Å²) in [6.07, 6.45) is 6.07. The second-order valence-electron chi connectivity index (χ2n) is 2.61. The molecule has 1 aromatic rings. The zero-order valence-electron chi connectivity index (χ0n) is 8.84. The number of hydrogen-bond acceptors (Lipinski definition) is 3. The van der Waals surface area contributed by atoms with Crippen molar-refractivity contribution in [3.63, 3.8) is 0 Å². The Kier molecular flexibility index (Phi) is 15.0. The average molecular weight is 432 g/mol. The SMILES string of the molecule is CC[PH+](CC)CC.[Au+].[S-]c1nccs1. The smallest absolute Gasteiger partial charge is 0.408 e. The summed E-state index contributed by atoms with van der Waals surface area (Å²) in [5.74, 6) is 0. The van der Waals surface area contributed by atoms with Crippen LogP contribution >= 0.6 is 19.3 Å². The van der Waals surface area contributed by atoms with Gasteiger partial charge in [0.05, 0.1) is 18.5 Å². The van der Waals surface area contributed by atoms with Crippen molar-refractivity contribution in [3.05, 3.63) is 11.6 Å². The molecule has 0 bridgehead atoms. The summed E-state index contributed by atoms with van der Waals surface area (Å²) in [5.41, 5.74) is 0. The summed E-state index contributed by atoms with van der Waals surface area (Å²) >= 11 is 6.13. The molecule has 1 rings (SSSR count). The first-order valence-electron chi connectivity index (χ1n) is 4.64. The van der Waals surface area contributed by atoms with Crippen LogP contribution in [-0.2, 0) is 35.0 Å². The van der Waals surface area contributed by atoms with E-state index in [0.717, 1.165) is 4.34 Å². The minimum absolute atomic E-state index is 0.